The maximum atomic E-state index is 12.9. The van der Waals surface area contributed by atoms with Crippen LogP contribution < -0.4 is 15.0 Å². The number of carbonyl (C=O) groups is 1. The summed E-state index contributed by atoms with van der Waals surface area (Å²) < 4.78 is 7.83. The summed E-state index contributed by atoms with van der Waals surface area (Å²) in [6.07, 6.45) is 4.04. The van der Waals surface area contributed by atoms with E-state index in [0.717, 1.165) is 71.8 Å². The largest absolute Gasteiger partial charge is 0.494 e. The second kappa shape index (κ2) is 10.8. The van der Waals surface area contributed by atoms with Crippen LogP contribution in [0.15, 0.2) is 36.4 Å². The van der Waals surface area contributed by atoms with Gasteiger partial charge in [-0.05, 0) is 62.9 Å². The van der Waals surface area contributed by atoms with Gasteiger partial charge in [-0.15, -0.1) is 10.2 Å². The van der Waals surface area contributed by atoms with Crippen molar-refractivity contribution in [2.75, 3.05) is 24.6 Å². The minimum atomic E-state index is -0.0437. The number of hydrogen-bond acceptors (Lipinski definition) is 6. The van der Waals surface area contributed by atoms with Gasteiger partial charge >= 0.3 is 0 Å². The van der Waals surface area contributed by atoms with Crippen molar-refractivity contribution in [2.24, 2.45) is 5.92 Å². The smallest absolute Gasteiger partial charge is 0.225 e. The normalized spacial score (nSPS) is 16.1. The molecule has 0 aliphatic carbocycles. The first kappa shape index (κ1) is 23.3. The van der Waals surface area contributed by atoms with Crippen LogP contribution in [0.1, 0.15) is 49.6 Å². The number of unbranched alkanes of at least 4 members (excludes halogenated alkanes) is 1. The third-order valence-electron chi connectivity index (χ3n) is 6.09. The molecule has 0 spiro atoms. The van der Waals surface area contributed by atoms with Gasteiger partial charge in [-0.1, -0.05) is 36.8 Å². The molecule has 0 bridgehead atoms. The Hall–Kier alpha value is -2.87. The van der Waals surface area contributed by atoms with Gasteiger partial charge in [0.2, 0.25) is 16.2 Å². The van der Waals surface area contributed by atoms with Crippen molar-refractivity contribution in [2.45, 2.75) is 53.0 Å². The van der Waals surface area contributed by atoms with Crippen LogP contribution in [0.2, 0.25) is 0 Å². The van der Waals surface area contributed by atoms with Crippen LogP contribution >= 0.6 is 11.3 Å². The number of rotatable bonds is 9. The molecule has 1 aromatic carbocycles. The highest BCUT2D eigenvalue weighted by Crippen LogP contribution is 2.29. The molecule has 3 heterocycles. The molecule has 1 N–H and O–H groups in total. The zero-order valence-corrected chi connectivity index (χ0v) is 20.5. The lowest BCUT2D eigenvalue weighted by Gasteiger charge is -2.31. The van der Waals surface area contributed by atoms with E-state index in [1.54, 1.807) is 11.3 Å². The first-order valence-electron chi connectivity index (χ1n) is 11.8. The maximum absolute atomic E-state index is 12.9. The number of amides is 1. The van der Waals surface area contributed by atoms with Crippen LogP contribution in [-0.4, -0.2) is 40.4 Å². The number of hydrogen-bond donors (Lipinski definition) is 1. The van der Waals surface area contributed by atoms with Crippen molar-refractivity contribution < 1.29 is 9.53 Å². The summed E-state index contributed by atoms with van der Waals surface area (Å²) in [7, 11) is 0. The van der Waals surface area contributed by atoms with Gasteiger partial charge in [-0.2, -0.15) is 0 Å². The number of aryl methyl sites for hydroxylation is 2. The van der Waals surface area contributed by atoms with Crippen LogP contribution in [0, 0.1) is 19.8 Å². The summed E-state index contributed by atoms with van der Waals surface area (Å²) in [4.78, 5) is 15.1. The Kier molecular flexibility index (Phi) is 7.65. The molecule has 0 radical (unpaired) electrons. The van der Waals surface area contributed by atoms with Crippen molar-refractivity contribution in [3.05, 3.63) is 53.3 Å². The SMILES string of the molecule is CCCCOc1ccc(CNC(=O)[C@H]2CCCN(c3nnc(-n4c(C)ccc4C)s3)C2)cc1. The second-order valence-electron chi connectivity index (χ2n) is 8.67. The molecule has 7 nitrogen and oxygen atoms in total. The van der Waals surface area contributed by atoms with E-state index in [4.69, 9.17) is 4.74 Å². The molecule has 2 aromatic heterocycles. The fraction of sp³-hybridized carbons (Fsp3) is 0.480. The van der Waals surface area contributed by atoms with Crippen molar-refractivity contribution in [3.8, 4) is 10.9 Å². The number of benzene rings is 1. The maximum Gasteiger partial charge on any atom is 0.225 e. The summed E-state index contributed by atoms with van der Waals surface area (Å²) in [6, 6.07) is 12.2. The molecule has 1 amide bonds. The monoisotopic (exact) mass is 467 g/mol. The van der Waals surface area contributed by atoms with E-state index in [-0.39, 0.29) is 11.8 Å². The Morgan fingerprint density at radius 1 is 1.12 bits per heavy atom. The molecule has 3 aromatic rings. The van der Waals surface area contributed by atoms with E-state index in [0.29, 0.717) is 13.1 Å². The molecule has 1 aliphatic heterocycles. The molecule has 0 saturated carbocycles. The lowest BCUT2D eigenvalue weighted by molar-refractivity contribution is -0.125. The first-order valence-corrected chi connectivity index (χ1v) is 12.6. The number of carbonyl (C=O) groups excluding carboxylic acids is 1. The van der Waals surface area contributed by atoms with Crippen molar-refractivity contribution in [1.29, 1.82) is 0 Å². The van der Waals surface area contributed by atoms with Crippen LogP contribution in [-0.2, 0) is 11.3 Å². The molecular formula is C25H33N5O2S. The highest BCUT2D eigenvalue weighted by molar-refractivity contribution is 7.17. The number of anilines is 1. The van der Waals surface area contributed by atoms with E-state index >= 15 is 0 Å². The van der Waals surface area contributed by atoms with Gasteiger partial charge in [-0.25, -0.2) is 0 Å². The van der Waals surface area contributed by atoms with Crippen molar-refractivity contribution >= 4 is 22.4 Å². The molecule has 33 heavy (non-hydrogen) atoms. The van der Waals surface area contributed by atoms with E-state index < -0.39 is 0 Å². The first-order chi connectivity index (χ1) is 16.0. The molecule has 1 aliphatic rings. The number of aromatic nitrogens is 3. The van der Waals surface area contributed by atoms with Gasteiger partial charge in [0.25, 0.3) is 0 Å². The average molecular weight is 468 g/mol. The fourth-order valence-electron chi connectivity index (χ4n) is 4.13. The highest BCUT2D eigenvalue weighted by atomic mass is 32.1. The van der Waals surface area contributed by atoms with Crippen molar-refractivity contribution in [3.63, 3.8) is 0 Å². The van der Waals surface area contributed by atoms with E-state index in [1.165, 1.54) is 0 Å². The predicted octanol–water partition coefficient (Wildman–Crippen LogP) is 4.66. The topological polar surface area (TPSA) is 72.3 Å². The van der Waals surface area contributed by atoms with Crippen LogP contribution in [0.4, 0.5) is 5.13 Å². The van der Waals surface area contributed by atoms with Gasteiger partial charge in [0.15, 0.2) is 0 Å². The average Bonchev–Trinajstić information content (AvgIpc) is 3.44. The van der Waals surface area contributed by atoms with Gasteiger partial charge in [0.05, 0.1) is 12.5 Å². The third-order valence-corrected chi connectivity index (χ3v) is 7.05. The number of nitrogens with zero attached hydrogens (tertiary/aromatic N) is 4. The molecule has 1 saturated heterocycles. The van der Waals surface area contributed by atoms with Gasteiger partial charge in [0.1, 0.15) is 5.75 Å². The lowest BCUT2D eigenvalue weighted by atomic mass is 9.97. The molecule has 4 rings (SSSR count). The standard InChI is InChI=1S/C25H33N5O2S/c1-4-5-15-32-22-12-10-20(11-13-22)16-26-23(31)21-7-6-14-29(17-21)24-27-28-25(33-24)30-18(2)8-9-19(30)3/h8-13,21H,4-7,14-17H2,1-3H3,(H,26,31)/t21-/m0/s1. The number of ether oxygens (including phenoxy) is 1. The number of piperidine rings is 1. The lowest BCUT2D eigenvalue weighted by Crippen LogP contribution is -2.43. The summed E-state index contributed by atoms with van der Waals surface area (Å²) in [5.41, 5.74) is 3.36. The third kappa shape index (κ3) is 5.74. The zero-order chi connectivity index (χ0) is 23.2. The van der Waals surface area contributed by atoms with E-state index in [2.05, 4.69) is 57.9 Å². The Morgan fingerprint density at radius 2 is 1.85 bits per heavy atom. The highest BCUT2D eigenvalue weighted by Gasteiger charge is 2.28. The summed E-state index contributed by atoms with van der Waals surface area (Å²) >= 11 is 1.58. The predicted molar refractivity (Wildman–Crippen MR) is 132 cm³/mol. The molecule has 176 valence electrons. The Labute approximate surface area is 199 Å². The molecule has 1 fully saturated rings. The minimum Gasteiger partial charge on any atom is -0.494 e. The van der Waals surface area contributed by atoms with Crippen LogP contribution in [0.25, 0.3) is 5.13 Å². The Morgan fingerprint density at radius 3 is 2.58 bits per heavy atom. The quantitative estimate of drug-likeness (QED) is 0.464. The number of nitrogens with one attached hydrogen (secondary N) is 1. The minimum absolute atomic E-state index is 0.0437. The summed E-state index contributed by atoms with van der Waals surface area (Å²) in [5.74, 6) is 0.936. The van der Waals surface area contributed by atoms with Crippen LogP contribution in [0.3, 0.4) is 0 Å². The summed E-state index contributed by atoms with van der Waals surface area (Å²) in [6.45, 7) is 9.14. The molecule has 8 heteroatoms. The van der Waals surface area contributed by atoms with Gasteiger partial charge in [0, 0.05) is 31.0 Å². The zero-order valence-electron chi connectivity index (χ0n) is 19.7. The second-order valence-corrected chi connectivity index (χ2v) is 9.60. The molecule has 1 atom stereocenters. The van der Waals surface area contributed by atoms with Gasteiger partial charge in [-0.3, -0.25) is 9.36 Å². The van der Waals surface area contributed by atoms with E-state index in [9.17, 15) is 4.79 Å². The van der Waals surface area contributed by atoms with Gasteiger partial charge < -0.3 is 15.0 Å². The Bertz CT molecular complexity index is 1040. The summed E-state index contributed by atoms with van der Waals surface area (Å²) in [5, 5.41) is 13.7. The van der Waals surface area contributed by atoms with Crippen LogP contribution in [0.5, 0.6) is 5.75 Å². The fourth-order valence-corrected chi connectivity index (χ4v) is 5.13. The Balaban J connectivity index is 1.31. The molecule has 0 unspecified atom stereocenters. The van der Waals surface area contributed by atoms with E-state index in [1.807, 2.05) is 24.3 Å². The van der Waals surface area contributed by atoms with Crippen molar-refractivity contribution in [1.82, 2.24) is 20.1 Å². The molecular weight excluding hydrogens is 434 g/mol.